The second kappa shape index (κ2) is 8.43. The van der Waals surface area contributed by atoms with Gasteiger partial charge in [-0.15, -0.1) is 0 Å². The number of carboxylic acids is 3. The molecule has 0 saturated heterocycles. The highest BCUT2D eigenvalue weighted by Crippen LogP contribution is 2.27. The number of rotatable bonds is 5. The molecule has 0 unspecified atom stereocenters. The van der Waals surface area contributed by atoms with Crippen molar-refractivity contribution in [3.8, 4) is 0 Å². The standard InChI is InChI=1S/C14H12N2O2.C4H4O4/c17-13(18)5-4-9-2-1-3-10-11-8-15-7-6-12(11)16-14(9)10;5-3(6)1-2-4(7)8/h1-3,6-8,16H,4-5H2,(H,17,18);1-2H,(H,5,6)(H,7,8)/b;2-1-. The number of aromatic amines is 1. The molecule has 2 aromatic heterocycles. The van der Waals surface area contributed by atoms with Gasteiger partial charge in [0, 0.05) is 52.8 Å². The fraction of sp³-hybridized carbons (Fsp3) is 0.111. The van der Waals surface area contributed by atoms with Crippen LogP contribution >= 0.6 is 0 Å². The molecule has 0 saturated carbocycles. The van der Waals surface area contributed by atoms with E-state index in [4.69, 9.17) is 15.3 Å². The highest BCUT2D eigenvalue weighted by atomic mass is 16.4. The maximum absolute atomic E-state index is 10.7. The predicted octanol–water partition coefficient (Wildman–Crippen LogP) is 2.45. The van der Waals surface area contributed by atoms with Crippen molar-refractivity contribution in [2.45, 2.75) is 12.8 Å². The first-order valence-electron chi connectivity index (χ1n) is 7.57. The van der Waals surface area contributed by atoms with Gasteiger partial charge in [0.1, 0.15) is 0 Å². The van der Waals surface area contributed by atoms with Gasteiger partial charge in [-0.05, 0) is 18.1 Å². The van der Waals surface area contributed by atoms with E-state index in [0.29, 0.717) is 18.6 Å². The third-order valence-electron chi connectivity index (χ3n) is 3.50. The Kier molecular flexibility index (Phi) is 6.05. The Morgan fingerprint density at radius 3 is 2.31 bits per heavy atom. The zero-order valence-corrected chi connectivity index (χ0v) is 13.5. The van der Waals surface area contributed by atoms with Crippen LogP contribution in [-0.4, -0.2) is 43.2 Å². The van der Waals surface area contributed by atoms with Crippen LogP contribution in [0.5, 0.6) is 0 Å². The third-order valence-corrected chi connectivity index (χ3v) is 3.50. The molecule has 0 fully saturated rings. The second-order valence-electron chi connectivity index (χ2n) is 5.29. The van der Waals surface area contributed by atoms with E-state index in [1.807, 2.05) is 30.5 Å². The molecule has 0 radical (unpaired) electrons. The normalized spacial score (nSPS) is 10.6. The molecule has 1 aromatic carbocycles. The molecule has 8 heteroatoms. The molecular weight excluding hydrogens is 340 g/mol. The van der Waals surface area contributed by atoms with Crippen molar-refractivity contribution in [2.24, 2.45) is 0 Å². The van der Waals surface area contributed by atoms with Crippen molar-refractivity contribution in [2.75, 3.05) is 0 Å². The molecule has 2 heterocycles. The van der Waals surface area contributed by atoms with Crippen LogP contribution in [0.4, 0.5) is 0 Å². The third kappa shape index (κ3) is 4.91. The van der Waals surface area contributed by atoms with Crippen LogP contribution in [0.2, 0.25) is 0 Å². The van der Waals surface area contributed by atoms with Crippen LogP contribution < -0.4 is 0 Å². The molecule has 0 amide bonds. The van der Waals surface area contributed by atoms with Gasteiger partial charge in [-0.2, -0.15) is 0 Å². The van der Waals surface area contributed by atoms with E-state index >= 15 is 0 Å². The van der Waals surface area contributed by atoms with Crippen molar-refractivity contribution in [1.29, 1.82) is 0 Å². The molecule has 0 bridgehead atoms. The Hall–Kier alpha value is -3.68. The number of fused-ring (bicyclic) bond motifs is 3. The number of pyridine rings is 1. The fourth-order valence-corrected chi connectivity index (χ4v) is 2.42. The van der Waals surface area contributed by atoms with Gasteiger partial charge in [0.2, 0.25) is 0 Å². The van der Waals surface area contributed by atoms with E-state index in [1.54, 1.807) is 6.20 Å². The van der Waals surface area contributed by atoms with Crippen LogP contribution in [0.1, 0.15) is 12.0 Å². The summed E-state index contributed by atoms with van der Waals surface area (Å²) in [6, 6.07) is 7.88. The van der Waals surface area contributed by atoms with Gasteiger partial charge in [-0.3, -0.25) is 9.78 Å². The molecular formula is C18H16N2O6. The number of hydrogen-bond donors (Lipinski definition) is 4. The molecule has 26 heavy (non-hydrogen) atoms. The molecule has 3 rings (SSSR count). The van der Waals surface area contributed by atoms with Gasteiger partial charge in [-0.1, -0.05) is 18.2 Å². The lowest BCUT2D eigenvalue weighted by Gasteiger charge is -2.00. The number of aryl methyl sites for hydroxylation is 1. The van der Waals surface area contributed by atoms with Crippen LogP contribution in [0.15, 0.2) is 48.8 Å². The molecule has 3 aromatic rings. The summed E-state index contributed by atoms with van der Waals surface area (Å²) in [7, 11) is 0. The first-order chi connectivity index (χ1) is 12.4. The lowest BCUT2D eigenvalue weighted by Crippen LogP contribution is -1.97. The van der Waals surface area contributed by atoms with E-state index in [-0.39, 0.29) is 6.42 Å². The Morgan fingerprint density at radius 1 is 1.00 bits per heavy atom. The van der Waals surface area contributed by atoms with Crippen molar-refractivity contribution in [3.05, 3.63) is 54.4 Å². The fourth-order valence-electron chi connectivity index (χ4n) is 2.42. The highest BCUT2D eigenvalue weighted by Gasteiger charge is 2.08. The Labute approximate surface area is 147 Å². The summed E-state index contributed by atoms with van der Waals surface area (Å²) in [5, 5.41) is 26.6. The molecule has 4 N–H and O–H groups in total. The lowest BCUT2D eigenvalue weighted by molar-refractivity contribution is -0.137. The van der Waals surface area contributed by atoms with E-state index in [0.717, 1.165) is 27.4 Å². The summed E-state index contributed by atoms with van der Waals surface area (Å²) < 4.78 is 0. The minimum absolute atomic E-state index is 0.146. The summed E-state index contributed by atoms with van der Waals surface area (Å²) >= 11 is 0. The smallest absolute Gasteiger partial charge is 0.328 e. The lowest BCUT2D eigenvalue weighted by atomic mass is 10.1. The summed E-state index contributed by atoms with van der Waals surface area (Å²) in [5.41, 5.74) is 3.08. The van der Waals surface area contributed by atoms with Gasteiger partial charge in [0.15, 0.2) is 0 Å². The molecule has 0 aliphatic heterocycles. The zero-order valence-electron chi connectivity index (χ0n) is 13.5. The SMILES string of the molecule is O=C(O)/C=C\C(=O)O.O=C(O)CCc1cccc2c1[nH]c1ccncc12. The number of para-hydroxylation sites is 1. The maximum atomic E-state index is 10.7. The van der Waals surface area contributed by atoms with Gasteiger partial charge in [0.05, 0.1) is 0 Å². The van der Waals surface area contributed by atoms with Crippen molar-refractivity contribution >= 4 is 39.7 Å². The van der Waals surface area contributed by atoms with E-state index < -0.39 is 17.9 Å². The summed E-state index contributed by atoms with van der Waals surface area (Å²) in [6.45, 7) is 0. The van der Waals surface area contributed by atoms with Crippen LogP contribution in [-0.2, 0) is 20.8 Å². The number of H-pyrrole nitrogens is 1. The maximum Gasteiger partial charge on any atom is 0.328 e. The molecule has 134 valence electrons. The first kappa shape index (κ1) is 18.7. The van der Waals surface area contributed by atoms with Gasteiger partial charge >= 0.3 is 17.9 Å². The zero-order chi connectivity index (χ0) is 19.1. The molecule has 0 atom stereocenters. The number of benzene rings is 1. The van der Waals surface area contributed by atoms with Crippen LogP contribution in [0.3, 0.4) is 0 Å². The first-order valence-corrected chi connectivity index (χ1v) is 7.57. The number of aromatic nitrogens is 2. The molecule has 0 aliphatic rings. The average molecular weight is 356 g/mol. The van der Waals surface area contributed by atoms with Gasteiger partial charge < -0.3 is 20.3 Å². The monoisotopic (exact) mass is 356 g/mol. The topological polar surface area (TPSA) is 141 Å². The highest BCUT2D eigenvalue weighted by molar-refractivity contribution is 6.07. The van der Waals surface area contributed by atoms with Crippen LogP contribution in [0, 0.1) is 0 Å². The van der Waals surface area contributed by atoms with E-state index in [1.165, 1.54) is 0 Å². The van der Waals surface area contributed by atoms with Crippen molar-refractivity contribution in [3.63, 3.8) is 0 Å². The van der Waals surface area contributed by atoms with Gasteiger partial charge in [0.25, 0.3) is 0 Å². The van der Waals surface area contributed by atoms with Gasteiger partial charge in [-0.25, -0.2) is 9.59 Å². The Morgan fingerprint density at radius 2 is 1.69 bits per heavy atom. The van der Waals surface area contributed by atoms with Crippen molar-refractivity contribution in [1.82, 2.24) is 9.97 Å². The van der Waals surface area contributed by atoms with Crippen LogP contribution in [0.25, 0.3) is 21.8 Å². The second-order valence-corrected chi connectivity index (χ2v) is 5.29. The quantitative estimate of drug-likeness (QED) is 0.515. The van der Waals surface area contributed by atoms with E-state index in [9.17, 15) is 14.4 Å². The number of hydrogen-bond acceptors (Lipinski definition) is 4. The number of aliphatic carboxylic acids is 3. The minimum Gasteiger partial charge on any atom is -0.481 e. The molecule has 0 aliphatic carbocycles. The summed E-state index contributed by atoms with van der Waals surface area (Å²) in [4.78, 5) is 37.2. The average Bonchev–Trinajstić information content (AvgIpc) is 2.98. The van der Waals surface area contributed by atoms with Crippen molar-refractivity contribution < 1.29 is 29.7 Å². The molecule has 8 nitrogen and oxygen atoms in total. The summed E-state index contributed by atoms with van der Waals surface area (Å²) in [5.74, 6) is -3.29. The van der Waals surface area contributed by atoms with E-state index in [2.05, 4.69) is 9.97 Å². The number of nitrogens with zero attached hydrogens (tertiary/aromatic N) is 1. The summed E-state index contributed by atoms with van der Waals surface area (Å²) in [6.07, 6.45) is 5.37. The molecule has 0 spiro atoms. The Balaban J connectivity index is 0.000000260. The number of carbonyl (C=O) groups is 3. The number of nitrogens with one attached hydrogen (secondary N) is 1. The Bertz CT molecular complexity index is 974. The number of carboxylic acid groups (broad SMARTS) is 3. The largest absolute Gasteiger partial charge is 0.481 e. The minimum atomic E-state index is -1.26. The predicted molar refractivity (Wildman–Crippen MR) is 94.0 cm³/mol.